The van der Waals surface area contributed by atoms with E-state index in [2.05, 4.69) is 113 Å². The van der Waals surface area contributed by atoms with Gasteiger partial charge >= 0.3 is 0 Å². The molecule has 2 heteroatoms. The summed E-state index contributed by atoms with van der Waals surface area (Å²) in [5, 5.41) is 5.09. The smallest absolute Gasteiger partial charge is 0.0881 e. The van der Waals surface area contributed by atoms with Gasteiger partial charge < -0.3 is 4.90 Å². The summed E-state index contributed by atoms with van der Waals surface area (Å²) in [6.07, 6.45) is 0. The molecule has 1 heterocycles. The molecule has 3 aromatic carbocycles. The second-order valence-electron chi connectivity index (χ2n) is 9.69. The van der Waals surface area contributed by atoms with Crippen molar-refractivity contribution in [2.45, 2.75) is 52.4 Å². The zero-order valence-corrected chi connectivity index (χ0v) is 17.7. The molecule has 0 bridgehead atoms. The van der Waals surface area contributed by atoms with Crippen LogP contribution in [0.3, 0.4) is 0 Å². The summed E-state index contributed by atoms with van der Waals surface area (Å²) >= 11 is 0. The molecule has 0 aliphatic carbocycles. The van der Waals surface area contributed by atoms with Gasteiger partial charge in [0.2, 0.25) is 0 Å². The minimum atomic E-state index is 0.0929. The van der Waals surface area contributed by atoms with E-state index in [9.17, 15) is 0 Å². The van der Waals surface area contributed by atoms with E-state index < -0.39 is 0 Å². The van der Waals surface area contributed by atoms with Gasteiger partial charge in [0.05, 0.1) is 22.7 Å². The van der Waals surface area contributed by atoms with Gasteiger partial charge in [-0.1, -0.05) is 71.9 Å². The summed E-state index contributed by atoms with van der Waals surface area (Å²) in [5.74, 6) is 0. The molecule has 28 heavy (non-hydrogen) atoms. The third-order valence-corrected chi connectivity index (χ3v) is 5.42. The van der Waals surface area contributed by atoms with Gasteiger partial charge in [-0.05, 0) is 58.4 Å². The van der Waals surface area contributed by atoms with Crippen molar-refractivity contribution in [3.05, 3.63) is 77.9 Å². The molecule has 143 valence electrons. The highest BCUT2D eigenvalue weighted by Crippen LogP contribution is 2.49. The van der Waals surface area contributed by atoms with Crippen molar-refractivity contribution < 1.29 is 0 Å². The number of hydrogen-bond donors (Lipinski definition) is 0. The molecule has 0 fully saturated rings. The van der Waals surface area contributed by atoms with Crippen molar-refractivity contribution in [2.24, 2.45) is 0 Å². The Hall–Kier alpha value is -2.74. The fourth-order valence-corrected chi connectivity index (χ4v) is 3.65. The van der Waals surface area contributed by atoms with E-state index in [4.69, 9.17) is 5.32 Å². The molecule has 0 saturated heterocycles. The second-order valence-corrected chi connectivity index (χ2v) is 9.69. The number of anilines is 3. The quantitative estimate of drug-likeness (QED) is 0.337. The Kier molecular flexibility index (Phi) is 4.26. The summed E-state index contributed by atoms with van der Waals surface area (Å²) in [6.45, 7) is 13.5. The van der Waals surface area contributed by atoms with Crippen LogP contribution in [0.5, 0.6) is 0 Å². The number of para-hydroxylation sites is 1. The molecule has 0 atom stereocenters. The Morgan fingerprint density at radius 1 is 0.607 bits per heavy atom. The predicted octanol–water partition coefficient (Wildman–Crippen LogP) is 7.63. The first-order valence-electron chi connectivity index (χ1n) is 10.0. The number of hydrogen-bond acceptors (Lipinski definition) is 1. The maximum Gasteiger partial charge on any atom is 0.0881 e. The second kappa shape index (κ2) is 6.41. The van der Waals surface area contributed by atoms with Crippen LogP contribution in [-0.2, 0) is 10.8 Å². The topological polar surface area (TPSA) is 17.3 Å². The standard InChI is InChI=1S/C26H29N2/c1-25(2,3)18-12-14-23-21(16-18)27-22-17-19(26(4,5)6)13-15-24(22)28(23)20-10-8-7-9-11-20/h7-17H,1-6H3. The molecule has 4 rings (SSSR count). The van der Waals surface area contributed by atoms with Crippen molar-refractivity contribution in [3.8, 4) is 0 Å². The van der Waals surface area contributed by atoms with E-state index in [1.165, 1.54) is 11.1 Å². The Balaban J connectivity index is 1.92. The van der Waals surface area contributed by atoms with E-state index >= 15 is 0 Å². The van der Waals surface area contributed by atoms with E-state index in [-0.39, 0.29) is 10.8 Å². The first kappa shape index (κ1) is 18.6. The Morgan fingerprint density at radius 2 is 1.07 bits per heavy atom. The largest absolute Gasteiger partial charge is 0.306 e. The lowest BCUT2D eigenvalue weighted by Crippen LogP contribution is -2.20. The highest BCUT2D eigenvalue weighted by atomic mass is 15.2. The molecule has 0 unspecified atom stereocenters. The zero-order valence-electron chi connectivity index (χ0n) is 17.7. The molecule has 2 nitrogen and oxygen atoms in total. The predicted molar refractivity (Wildman–Crippen MR) is 120 cm³/mol. The average Bonchev–Trinajstić information content (AvgIpc) is 2.64. The lowest BCUT2D eigenvalue weighted by molar-refractivity contribution is 0.589. The van der Waals surface area contributed by atoms with E-state index in [0.717, 1.165) is 28.4 Å². The van der Waals surface area contributed by atoms with Crippen molar-refractivity contribution in [2.75, 3.05) is 4.90 Å². The normalized spacial score (nSPS) is 13.6. The average molecular weight is 370 g/mol. The van der Waals surface area contributed by atoms with Crippen LogP contribution >= 0.6 is 0 Å². The third kappa shape index (κ3) is 3.28. The van der Waals surface area contributed by atoms with Crippen molar-refractivity contribution in [1.29, 1.82) is 0 Å². The minimum Gasteiger partial charge on any atom is -0.306 e. The number of fused-ring (bicyclic) bond motifs is 2. The fraction of sp³-hybridized carbons (Fsp3) is 0.308. The lowest BCUT2D eigenvalue weighted by atomic mass is 9.85. The SMILES string of the molecule is CC(C)(C)c1ccc2c(c1)[N]c1cc(C(C)(C)C)ccc1N2c1ccccc1. The van der Waals surface area contributed by atoms with Crippen LogP contribution in [0.1, 0.15) is 52.7 Å². The molecule has 1 aliphatic heterocycles. The molecule has 0 N–H and O–H groups in total. The molecule has 1 radical (unpaired) electrons. The summed E-state index contributed by atoms with van der Waals surface area (Å²) in [6, 6.07) is 24.0. The molecule has 0 spiro atoms. The first-order valence-corrected chi connectivity index (χ1v) is 10.0. The maximum absolute atomic E-state index is 5.09. The van der Waals surface area contributed by atoms with Crippen LogP contribution in [-0.4, -0.2) is 0 Å². The summed E-state index contributed by atoms with van der Waals surface area (Å²) in [5.41, 5.74) is 8.30. The van der Waals surface area contributed by atoms with Crippen molar-refractivity contribution in [3.63, 3.8) is 0 Å². The van der Waals surface area contributed by atoms with Crippen LogP contribution in [0.25, 0.3) is 0 Å². The van der Waals surface area contributed by atoms with Crippen LogP contribution in [0.15, 0.2) is 66.7 Å². The zero-order chi connectivity index (χ0) is 20.1. The number of benzene rings is 3. The fourth-order valence-electron chi connectivity index (χ4n) is 3.65. The van der Waals surface area contributed by atoms with Gasteiger partial charge in [0.15, 0.2) is 0 Å². The molecule has 0 aromatic heterocycles. The van der Waals surface area contributed by atoms with Gasteiger partial charge in [-0.3, -0.25) is 0 Å². The van der Waals surface area contributed by atoms with Gasteiger partial charge in [-0.2, -0.15) is 0 Å². The lowest BCUT2D eigenvalue weighted by Gasteiger charge is -2.35. The molecule has 3 aromatic rings. The molecular weight excluding hydrogens is 340 g/mol. The summed E-state index contributed by atoms with van der Waals surface area (Å²) in [4.78, 5) is 2.33. The van der Waals surface area contributed by atoms with Crippen LogP contribution < -0.4 is 10.2 Å². The van der Waals surface area contributed by atoms with Gasteiger partial charge in [-0.25, -0.2) is 5.32 Å². The molecular formula is C26H29N2. The van der Waals surface area contributed by atoms with Crippen molar-refractivity contribution in [1.82, 2.24) is 5.32 Å². The van der Waals surface area contributed by atoms with Gasteiger partial charge in [0.1, 0.15) is 0 Å². The van der Waals surface area contributed by atoms with E-state index in [0.29, 0.717) is 0 Å². The van der Waals surface area contributed by atoms with E-state index in [1.54, 1.807) is 0 Å². The monoisotopic (exact) mass is 369 g/mol. The van der Waals surface area contributed by atoms with Crippen LogP contribution in [0.2, 0.25) is 0 Å². The first-order chi connectivity index (χ1) is 13.1. The van der Waals surface area contributed by atoms with Crippen LogP contribution in [0, 0.1) is 0 Å². The summed E-state index contributed by atoms with van der Waals surface area (Å²) in [7, 11) is 0. The number of rotatable bonds is 1. The van der Waals surface area contributed by atoms with E-state index in [1.807, 2.05) is 0 Å². The molecule has 0 amide bonds. The molecule has 0 saturated carbocycles. The minimum absolute atomic E-state index is 0.0929. The van der Waals surface area contributed by atoms with Gasteiger partial charge in [-0.15, -0.1) is 0 Å². The Bertz CT molecular complexity index is 941. The van der Waals surface area contributed by atoms with Crippen LogP contribution in [0.4, 0.5) is 28.4 Å². The van der Waals surface area contributed by atoms with Crippen molar-refractivity contribution >= 4 is 28.4 Å². The maximum atomic E-state index is 5.09. The third-order valence-electron chi connectivity index (χ3n) is 5.42. The van der Waals surface area contributed by atoms with Gasteiger partial charge in [0, 0.05) is 5.69 Å². The Labute approximate surface area is 169 Å². The number of nitrogens with zero attached hydrogens (tertiary/aromatic N) is 2. The summed E-state index contributed by atoms with van der Waals surface area (Å²) < 4.78 is 0. The Morgan fingerprint density at radius 3 is 1.50 bits per heavy atom. The molecule has 1 aliphatic rings. The highest BCUT2D eigenvalue weighted by Gasteiger charge is 2.28. The highest BCUT2D eigenvalue weighted by molar-refractivity contribution is 5.93. The van der Waals surface area contributed by atoms with Gasteiger partial charge in [0.25, 0.3) is 0 Å².